The summed E-state index contributed by atoms with van der Waals surface area (Å²) in [4.78, 5) is 38.4. The first-order valence-electron chi connectivity index (χ1n) is 10.3. The Bertz CT molecular complexity index is 916. The van der Waals surface area contributed by atoms with Gasteiger partial charge in [0.05, 0.1) is 18.5 Å². The number of nitrogens with one attached hydrogen (secondary N) is 1. The van der Waals surface area contributed by atoms with E-state index in [-0.39, 0.29) is 30.5 Å². The average molecular weight is 428 g/mol. The molecular weight excluding hydrogens is 398 g/mol. The van der Waals surface area contributed by atoms with Gasteiger partial charge in [-0.3, -0.25) is 19.7 Å². The van der Waals surface area contributed by atoms with Gasteiger partial charge in [-0.05, 0) is 30.5 Å². The third kappa shape index (κ3) is 6.53. The summed E-state index contributed by atoms with van der Waals surface area (Å²) in [6, 6.07) is 12.8. The molecular formula is C23H29N3O5. The number of hydrogen-bond acceptors (Lipinski definition) is 5. The molecule has 1 atom stereocenters. The topological polar surface area (TPSA) is 102 Å². The first kappa shape index (κ1) is 23.9. The molecule has 0 aromatic heterocycles. The van der Waals surface area contributed by atoms with E-state index in [1.54, 1.807) is 31.4 Å². The van der Waals surface area contributed by atoms with Crippen LogP contribution in [0.4, 0.5) is 5.69 Å². The molecule has 0 heterocycles. The normalized spacial score (nSPS) is 11.5. The Morgan fingerprint density at radius 2 is 1.90 bits per heavy atom. The van der Waals surface area contributed by atoms with E-state index in [0.717, 1.165) is 12.0 Å². The van der Waals surface area contributed by atoms with E-state index < -0.39 is 11.0 Å². The second-order valence-corrected chi connectivity index (χ2v) is 7.15. The van der Waals surface area contributed by atoms with Crippen LogP contribution in [0.1, 0.15) is 37.8 Å². The van der Waals surface area contributed by atoms with Gasteiger partial charge in [0, 0.05) is 24.7 Å². The minimum atomic E-state index is -0.687. The van der Waals surface area contributed by atoms with Crippen LogP contribution in [-0.4, -0.2) is 41.3 Å². The highest BCUT2D eigenvalue weighted by Crippen LogP contribution is 2.22. The van der Waals surface area contributed by atoms with E-state index >= 15 is 0 Å². The summed E-state index contributed by atoms with van der Waals surface area (Å²) in [7, 11) is 1.56. The molecule has 0 aliphatic heterocycles. The number of nitrogens with zero attached hydrogens (tertiary/aromatic N) is 2. The van der Waals surface area contributed by atoms with Crippen LogP contribution in [0.3, 0.4) is 0 Å². The molecule has 8 heteroatoms. The van der Waals surface area contributed by atoms with Gasteiger partial charge in [0.1, 0.15) is 11.8 Å². The summed E-state index contributed by atoms with van der Waals surface area (Å²) in [5.74, 6) is 0.0610. The Labute approximate surface area is 182 Å². The maximum atomic E-state index is 13.3. The molecule has 0 bridgehead atoms. The smallest absolute Gasteiger partial charge is 0.273 e. The highest BCUT2D eigenvalue weighted by Gasteiger charge is 2.29. The fourth-order valence-electron chi connectivity index (χ4n) is 3.36. The Kier molecular flexibility index (Phi) is 8.99. The summed E-state index contributed by atoms with van der Waals surface area (Å²) in [5.41, 5.74) is 1.01. The number of ether oxygens (including phenoxy) is 1. The second kappa shape index (κ2) is 11.7. The number of benzene rings is 2. The predicted molar refractivity (Wildman–Crippen MR) is 118 cm³/mol. The lowest BCUT2D eigenvalue weighted by Gasteiger charge is -2.30. The Hall–Kier alpha value is -3.42. The molecule has 1 N–H and O–H groups in total. The lowest BCUT2D eigenvalue weighted by molar-refractivity contribution is -0.385. The molecule has 0 saturated heterocycles. The summed E-state index contributed by atoms with van der Waals surface area (Å²) in [5, 5.41) is 14.2. The van der Waals surface area contributed by atoms with Crippen molar-refractivity contribution < 1.29 is 19.2 Å². The van der Waals surface area contributed by atoms with Crippen LogP contribution in [0.2, 0.25) is 0 Å². The number of amides is 2. The van der Waals surface area contributed by atoms with Crippen LogP contribution in [0.25, 0.3) is 0 Å². The molecule has 0 unspecified atom stereocenters. The number of nitro benzene ring substituents is 1. The van der Waals surface area contributed by atoms with Crippen molar-refractivity contribution in [3.8, 4) is 5.75 Å². The summed E-state index contributed by atoms with van der Waals surface area (Å²) in [6.45, 7) is 4.50. The van der Waals surface area contributed by atoms with Crippen molar-refractivity contribution in [1.82, 2.24) is 10.2 Å². The molecule has 0 radical (unpaired) electrons. The van der Waals surface area contributed by atoms with E-state index in [2.05, 4.69) is 5.32 Å². The Morgan fingerprint density at radius 3 is 2.55 bits per heavy atom. The molecule has 2 aromatic carbocycles. The lowest BCUT2D eigenvalue weighted by Crippen LogP contribution is -2.49. The van der Waals surface area contributed by atoms with Crippen molar-refractivity contribution in [2.45, 2.75) is 45.7 Å². The number of rotatable bonds is 11. The highest BCUT2D eigenvalue weighted by molar-refractivity contribution is 5.88. The molecule has 8 nitrogen and oxygen atoms in total. The number of para-hydroxylation sites is 1. The zero-order valence-corrected chi connectivity index (χ0v) is 18.2. The molecule has 2 amide bonds. The van der Waals surface area contributed by atoms with Crippen molar-refractivity contribution in [2.24, 2.45) is 0 Å². The predicted octanol–water partition coefficient (Wildman–Crippen LogP) is 3.48. The van der Waals surface area contributed by atoms with Gasteiger partial charge in [0.15, 0.2) is 0 Å². The third-order valence-electron chi connectivity index (χ3n) is 4.95. The van der Waals surface area contributed by atoms with Crippen LogP contribution in [-0.2, 0) is 22.6 Å². The molecule has 0 spiro atoms. The van der Waals surface area contributed by atoms with Crippen molar-refractivity contribution >= 4 is 17.5 Å². The summed E-state index contributed by atoms with van der Waals surface area (Å²) in [6.07, 6.45) is 1.03. The second-order valence-electron chi connectivity index (χ2n) is 7.15. The van der Waals surface area contributed by atoms with Crippen molar-refractivity contribution in [3.05, 3.63) is 69.8 Å². The number of carbonyl (C=O) groups excluding carboxylic acids is 2. The maximum absolute atomic E-state index is 13.3. The SMILES string of the molecule is CCCNC(=O)[C@H](CC)N(Cc1cccc(OC)c1)C(=O)Cc1ccccc1[N+](=O)[O-]. The number of hydrogen-bond donors (Lipinski definition) is 1. The van der Waals surface area contributed by atoms with Gasteiger partial charge in [-0.2, -0.15) is 0 Å². The number of carbonyl (C=O) groups is 2. The van der Waals surface area contributed by atoms with Gasteiger partial charge in [0.2, 0.25) is 11.8 Å². The van der Waals surface area contributed by atoms with Gasteiger partial charge in [0.25, 0.3) is 5.69 Å². The molecule has 0 saturated carbocycles. The van der Waals surface area contributed by atoms with E-state index in [1.165, 1.54) is 11.0 Å². The standard InChI is InChI=1S/C23H29N3O5/c1-4-13-24-23(28)20(5-2)25(16-17-9-8-11-19(14-17)31-3)22(27)15-18-10-6-7-12-21(18)26(29)30/h6-12,14,20H,4-5,13,15-16H2,1-3H3,(H,24,28)/t20-/m0/s1. The van der Waals surface area contributed by atoms with Crippen molar-refractivity contribution in [1.29, 1.82) is 0 Å². The van der Waals surface area contributed by atoms with E-state index in [1.807, 2.05) is 32.0 Å². The van der Waals surface area contributed by atoms with Crippen LogP contribution in [0.15, 0.2) is 48.5 Å². The van der Waals surface area contributed by atoms with E-state index in [4.69, 9.17) is 4.74 Å². The first-order valence-corrected chi connectivity index (χ1v) is 10.3. The minimum Gasteiger partial charge on any atom is -0.497 e. The Balaban J connectivity index is 2.36. The summed E-state index contributed by atoms with van der Waals surface area (Å²) < 4.78 is 5.26. The van der Waals surface area contributed by atoms with Crippen LogP contribution in [0, 0.1) is 10.1 Å². The fraction of sp³-hybridized carbons (Fsp3) is 0.391. The lowest BCUT2D eigenvalue weighted by atomic mass is 10.1. The average Bonchev–Trinajstić information content (AvgIpc) is 2.77. The van der Waals surface area contributed by atoms with Gasteiger partial charge in [-0.15, -0.1) is 0 Å². The molecule has 2 aromatic rings. The maximum Gasteiger partial charge on any atom is 0.273 e. The quantitative estimate of drug-likeness (QED) is 0.437. The monoisotopic (exact) mass is 427 g/mol. The van der Waals surface area contributed by atoms with Crippen molar-refractivity contribution in [2.75, 3.05) is 13.7 Å². The number of methoxy groups -OCH3 is 1. The molecule has 0 aliphatic carbocycles. The van der Waals surface area contributed by atoms with Gasteiger partial charge >= 0.3 is 0 Å². The van der Waals surface area contributed by atoms with Crippen LogP contribution < -0.4 is 10.1 Å². The van der Waals surface area contributed by atoms with Gasteiger partial charge in [-0.25, -0.2) is 0 Å². The number of nitro groups is 1. The molecule has 2 rings (SSSR count). The Morgan fingerprint density at radius 1 is 1.16 bits per heavy atom. The van der Waals surface area contributed by atoms with Crippen LogP contribution >= 0.6 is 0 Å². The molecule has 0 aliphatic rings. The molecule has 166 valence electrons. The molecule has 31 heavy (non-hydrogen) atoms. The molecule has 0 fully saturated rings. The van der Waals surface area contributed by atoms with E-state index in [9.17, 15) is 19.7 Å². The zero-order valence-electron chi connectivity index (χ0n) is 18.2. The highest BCUT2D eigenvalue weighted by atomic mass is 16.6. The van der Waals surface area contributed by atoms with Crippen molar-refractivity contribution in [3.63, 3.8) is 0 Å². The first-order chi connectivity index (χ1) is 14.9. The minimum absolute atomic E-state index is 0.110. The third-order valence-corrected chi connectivity index (χ3v) is 4.95. The summed E-state index contributed by atoms with van der Waals surface area (Å²) >= 11 is 0. The fourth-order valence-corrected chi connectivity index (χ4v) is 3.36. The van der Waals surface area contributed by atoms with E-state index in [0.29, 0.717) is 24.3 Å². The van der Waals surface area contributed by atoms with Crippen LogP contribution in [0.5, 0.6) is 5.75 Å². The zero-order chi connectivity index (χ0) is 22.8. The van der Waals surface area contributed by atoms with Gasteiger partial charge in [-0.1, -0.05) is 44.2 Å². The van der Waals surface area contributed by atoms with Gasteiger partial charge < -0.3 is 15.0 Å². The largest absolute Gasteiger partial charge is 0.497 e.